The number of alkyl halides is 1. The molecule has 0 aliphatic heterocycles. The summed E-state index contributed by atoms with van der Waals surface area (Å²) in [6, 6.07) is 0. The van der Waals surface area contributed by atoms with Gasteiger partial charge in [0.15, 0.2) is 0 Å². The van der Waals surface area contributed by atoms with Gasteiger partial charge in [0.2, 0.25) is 0 Å². The lowest BCUT2D eigenvalue weighted by molar-refractivity contribution is 0.690. The zero-order valence-corrected chi connectivity index (χ0v) is 8.74. The Bertz CT molecular complexity index is 99.3. The first-order valence-corrected chi connectivity index (χ1v) is 5.12. The molecule has 0 aliphatic rings. The van der Waals surface area contributed by atoms with E-state index in [0.29, 0.717) is 0 Å². The van der Waals surface area contributed by atoms with Crippen molar-refractivity contribution in [3.63, 3.8) is 0 Å². The van der Waals surface area contributed by atoms with Crippen molar-refractivity contribution in [1.29, 1.82) is 0 Å². The van der Waals surface area contributed by atoms with Crippen LogP contribution in [0, 0.1) is 5.92 Å². The smallest absolute Gasteiger partial charge is 0.0241 e. The Morgan fingerprint density at radius 2 is 2.10 bits per heavy atom. The second-order valence-corrected chi connectivity index (χ2v) is 3.26. The summed E-state index contributed by atoms with van der Waals surface area (Å²) in [4.78, 5) is 0. The van der Waals surface area contributed by atoms with Crippen LogP contribution in [0.5, 0.6) is 0 Å². The summed E-state index contributed by atoms with van der Waals surface area (Å²) in [5.74, 6) is 0.743. The van der Waals surface area contributed by atoms with E-state index in [2.05, 4.69) is 42.8 Å². The molecule has 0 aliphatic carbocycles. The summed E-state index contributed by atoms with van der Waals surface area (Å²) in [6.07, 6.45) is 4.79. The molecule has 0 aromatic heterocycles. The SMILES string of the molecule is CC/C(=C/C(C)CC)CBr. The van der Waals surface area contributed by atoms with E-state index in [-0.39, 0.29) is 0 Å². The summed E-state index contributed by atoms with van der Waals surface area (Å²) in [6.45, 7) is 6.69. The zero-order chi connectivity index (χ0) is 7.98. The predicted octanol–water partition coefficient (Wildman–Crippen LogP) is 3.76. The monoisotopic (exact) mass is 204 g/mol. The molecule has 1 unspecified atom stereocenters. The minimum atomic E-state index is 0.743. The summed E-state index contributed by atoms with van der Waals surface area (Å²) >= 11 is 3.47. The zero-order valence-electron chi connectivity index (χ0n) is 7.15. The molecule has 0 spiro atoms. The highest BCUT2D eigenvalue weighted by atomic mass is 79.9. The second kappa shape index (κ2) is 5.96. The minimum absolute atomic E-state index is 0.743. The Morgan fingerprint density at radius 3 is 2.40 bits per heavy atom. The molecule has 0 N–H and O–H groups in total. The Kier molecular flexibility index (Phi) is 6.10. The Labute approximate surface area is 72.8 Å². The average molecular weight is 205 g/mol. The average Bonchev–Trinajstić information content (AvgIpc) is 1.99. The van der Waals surface area contributed by atoms with E-state index in [9.17, 15) is 0 Å². The van der Waals surface area contributed by atoms with Gasteiger partial charge < -0.3 is 0 Å². The Hall–Kier alpha value is 0.220. The molecule has 0 bridgehead atoms. The van der Waals surface area contributed by atoms with Gasteiger partial charge in [0.25, 0.3) is 0 Å². The van der Waals surface area contributed by atoms with E-state index in [0.717, 1.165) is 11.2 Å². The van der Waals surface area contributed by atoms with E-state index in [4.69, 9.17) is 0 Å². The second-order valence-electron chi connectivity index (χ2n) is 2.70. The highest BCUT2D eigenvalue weighted by molar-refractivity contribution is 9.09. The maximum absolute atomic E-state index is 3.47. The summed E-state index contributed by atoms with van der Waals surface area (Å²) in [5, 5.41) is 1.04. The van der Waals surface area contributed by atoms with Gasteiger partial charge in [-0.05, 0) is 12.3 Å². The quantitative estimate of drug-likeness (QED) is 0.484. The Morgan fingerprint density at radius 1 is 1.50 bits per heavy atom. The molecule has 0 amide bonds. The van der Waals surface area contributed by atoms with Crippen LogP contribution in [0.15, 0.2) is 11.6 Å². The maximum Gasteiger partial charge on any atom is 0.0241 e. The number of hydrogen-bond donors (Lipinski definition) is 0. The number of allylic oxidation sites excluding steroid dienone is 2. The fourth-order valence-corrected chi connectivity index (χ4v) is 1.36. The third-order valence-electron chi connectivity index (χ3n) is 1.79. The third-order valence-corrected chi connectivity index (χ3v) is 2.51. The predicted molar refractivity (Wildman–Crippen MR) is 51.6 cm³/mol. The van der Waals surface area contributed by atoms with Crippen molar-refractivity contribution in [3.8, 4) is 0 Å². The van der Waals surface area contributed by atoms with E-state index in [1.807, 2.05) is 0 Å². The van der Waals surface area contributed by atoms with Crippen LogP contribution in [-0.4, -0.2) is 5.33 Å². The Balaban J connectivity index is 3.83. The highest BCUT2D eigenvalue weighted by Crippen LogP contribution is 2.11. The standard InChI is InChI=1S/C9H17Br/c1-4-8(3)6-9(5-2)7-10/h6,8H,4-5,7H2,1-3H3/b9-6-. The molecule has 1 heteroatoms. The van der Waals surface area contributed by atoms with Gasteiger partial charge in [0, 0.05) is 5.33 Å². The van der Waals surface area contributed by atoms with Crippen LogP contribution < -0.4 is 0 Å². The van der Waals surface area contributed by atoms with Crippen LogP contribution in [-0.2, 0) is 0 Å². The van der Waals surface area contributed by atoms with Gasteiger partial charge in [-0.3, -0.25) is 0 Å². The van der Waals surface area contributed by atoms with Crippen molar-refractivity contribution in [2.24, 2.45) is 5.92 Å². The van der Waals surface area contributed by atoms with Crippen molar-refractivity contribution >= 4 is 15.9 Å². The molecule has 0 saturated heterocycles. The molecule has 0 nitrogen and oxygen atoms in total. The van der Waals surface area contributed by atoms with E-state index < -0.39 is 0 Å². The molecule has 0 saturated carbocycles. The summed E-state index contributed by atoms with van der Waals surface area (Å²) in [7, 11) is 0. The highest BCUT2D eigenvalue weighted by Gasteiger charge is 1.95. The topological polar surface area (TPSA) is 0 Å². The lowest BCUT2D eigenvalue weighted by Crippen LogP contribution is -1.90. The molecular formula is C9H17Br. The van der Waals surface area contributed by atoms with Gasteiger partial charge in [-0.15, -0.1) is 0 Å². The van der Waals surface area contributed by atoms with Gasteiger partial charge in [-0.2, -0.15) is 0 Å². The van der Waals surface area contributed by atoms with Crippen molar-refractivity contribution in [3.05, 3.63) is 11.6 Å². The normalized spacial score (nSPS) is 15.4. The first-order valence-electron chi connectivity index (χ1n) is 4.00. The van der Waals surface area contributed by atoms with E-state index >= 15 is 0 Å². The van der Waals surface area contributed by atoms with Crippen LogP contribution in [0.4, 0.5) is 0 Å². The summed E-state index contributed by atoms with van der Waals surface area (Å²) in [5.41, 5.74) is 1.52. The van der Waals surface area contributed by atoms with Crippen molar-refractivity contribution in [2.45, 2.75) is 33.6 Å². The fraction of sp³-hybridized carbons (Fsp3) is 0.778. The van der Waals surface area contributed by atoms with Crippen LogP contribution in [0.2, 0.25) is 0 Å². The first-order chi connectivity index (χ1) is 4.74. The van der Waals surface area contributed by atoms with Gasteiger partial charge in [0.1, 0.15) is 0 Å². The molecule has 0 aromatic rings. The third kappa shape index (κ3) is 4.10. The molecule has 1 atom stereocenters. The van der Waals surface area contributed by atoms with Crippen molar-refractivity contribution in [2.75, 3.05) is 5.33 Å². The maximum atomic E-state index is 3.47. The molecule has 0 fully saturated rings. The molecule has 0 heterocycles. The summed E-state index contributed by atoms with van der Waals surface area (Å²) < 4.78 is 0. The van der Waals surface area contributed by atoms with Crippen LogP contribution in [0.1, 0.15) is 33.6 Å². The van der Waals surface area contributed by atoms with Gasteiger partial charge in [-0.25, -0.2) is 0 Å². The lowest BCUT2D eigenvalue weighted by atomic mass is 10.0. The van der Waals surface area contributed by atoms with Crippen LogP contribution in [0.25, 0.3) is 0 Å². The largest absolute Gasteiger partial charge is 0.0880 e. The van der Waals surface area contributed by atoms with Gasteiger partial charge >= 0.3 is 0 Å². The van der Waals surface area contributed by atoms with Crippen LogP contribution >= 0.6 is 15.9 Å². The van der Waals surface area contributed by atoms with Crippen molar-refractivity contribution < 1.29 is 0 Å². The van der Waals surface area contributed by atoms with Gasteiger partial charge in [0.05, 0.1) is 0 Å². The molecule has 0 rings (SSSR count). The molecule has 0 aromatic carbocycles. The van der Waals surface area contributed by atoms with E-state index in [1.54, 1.807) is 0 Å². The molecule has 60 valence electrons. The number of hydrogen-bond acceptors (Lipinski definition) is 0. The van der Waals surface area contributed by atoms with Crippen LogP contribution in [0.3, 0.4) is 0 Å². The first kappa shape index (κ1) is 10.2. The fourth-order valence-electron chi connectivity index (χ4n) is 0.777. The molecule has 0 radical (unpaired) electrons. The number of rotatable bonds is 4. The molecular weight excluding hydrogens is 188 g/mol. The lowest BCUT2D eigenvalue weighted by Gasteiger charge is -2.04. The minimum Gasteiger partial charge on any atom is -0.0880 e. The molecule has 10 heavy (non-hydrogen) atoms. The number of halogens is 1. The van der Waals surface area contributed by atoms with Gasteiger partial charge in [-0.1, -0.05) is 54.8 Å². The van der Waals surface area contributed by atoms with Crippen molar-refractivity contribution in [1.82, 2.24) is 0 Å². The van der Waals surface area contributed by atoms with E-state index in [1.165, 1.54) is 18.4 Å².